The van der Waals surface area contributed by atoms with Gasteiger partial charge in [-0.3, -0.25) is 4.79 Å². The van der Waals surface area contributed by atoms with Crippen LogP contribution in [-0.2, 0) is 5.75 Å². The Labute approximate surface area is 148 Å². The molecule has 0 radical (unpaired) electrons. The summed E-state index contributed by atoms with van der Waals surface area (Å²) in [7, 11) is 0. The molecule has 0 unspecified atom stereocenters. The fourth-order valence-corrected chi connectivity index (χ4v) is 3.59. The van der Waals surface area contributed by atoms with Crippen LogP contribution in [0.15, 0.2) is 52.3 Å². The summed E-state index contributed by atoms with van der Waals surface area (Å²) in [5.74, 6) is 1.18. The largest absolute Gasteiger partial charge is 0.309 e. The number of H-pyrrole nitrogens is 1. The lowest BCUT2D eigenvalue weighted by Gasteiger charge is -2.07. The molecule has 6 heteroatoms. The van der Waals surface area contributed by atoms with Gasteiger partial charge in [-0.05, 0) is 37.6 Å². The summed E-state index contributed by atoms with van der Waals surface area (Å²) in [5, 5.41) is 1.47. The number of fused-ring (bicyclic) bond motifs is 2. The van der Waals surface area contributed by atoms with Gasteiger partial charge in [0.1, 0.15) is 10.9 Å². The van der Waals surface area contributed by atoms with Crippen LogP contribution in [0.5, 0.6) is 0 Å². The summed E-state index contributed by atoms with van der Waals surface area (Å²) in [6, 6.07) is 13.4. The topological polar surface area (TPSA) is 71.5 Å². The maximum absolute atomic E-state index is 12.3. The number of aromatic amines is 1. The number of aryl methyl sites for hydroxylation is 2. The molecule has 5 nitrogen and oxygen atoms in total. The highest BCUT2D eigenvalue weighted by atomic mass is 32.2. The van der Waals surface area contributed by atoms with Gasteiger partial charge in [-0.2, -0.15) is 0 Å². The molecule has 0 fully saturated rings. The van der Waals surface area contributed by atoms with Gasteiger partial charge >= 0.3 is 0 Å². The van der Waals surface area contributed by atoms with E-state index >= 15 is 0 Å². The fraction of sp³-hybridized carbons (Fsp3) is 0.158. The van der Waals surface area contributed by atoms with E-state index in [2.05, 4.69) is 19.9 Å². The minimum Gasteiger partial charge on any atom is -0.309 e. The Morgan fingerprint density at radius 2 is 1.72 bits per heavy atom. The van der Waals surface area contributed by atoms with Crippen LogP contribution in [0.3, 0.4) is 0 Å². The number of thioether (sulfide) groups is 1. The van der Waals surface area contributed by atoms with Gasteiger partial charge in [-0.25, -0.2) is 15.0 Å². The first kappa shape index (κ1) is 15.8. The van der Waals surface area contributed by atoms with Crippen LogP contribution in [0.2, 0.25) is 0 Å². The zero-order valence-corrected chi connectivity index (χ0v) is 14.7. The van der Waals surface area contributed by atoms with Crippen LogP contribution in [0.4, 0.5) is 0 Å². The molecule has 0 saturated heterocycles. The Hall–Kier alpha value is -2.73. The number of aromatic nitrogens is 4. The number of hydrogen-bond acceptors (Lipinski definition) is 5. The van der Waals surface area contributed by atoms with Crippen LogP contribution < -0.4 is 5.56 Å². The molecule has 0 saturated carbocycles. The van der Waals surface area contributed by atoms with Gasteiger partial charge in [0.25, 0.3) is 5.56 Å². The molecule has 0 bridgehead atoms. The van der Waals surface area contributed by atoms with E-state index in [1.165, 1.54) is 11.8 Å². The predicted molar refractivity (Wildman–Crippen MR) is 101 cm³/mol. The van der Waals surface area contributed by atoms with Crippen molar-refractivity contribution in [3.05, 3.63) is 69.9 Å². The minimum absolute atomic E-state index is 0.106. The highest BCUT2D eigenvalue weighted by molar-refractivity contribution is 7.98. The summed E-state index contributed by atoms with van der Waals surface area (Å²) < 4.78 is 0. The number of nitrogens with zero attached hydrogens (tertiary/aromatic N) is 3. The Morgan fingerprint density at radius 1 is 0.960 bits per heavy atom. The molecule has 0 atom stereocenters. The molecule has 0 aliphatic heterocycles. The number of nitrogens with one attached hydrogen (secondary N) is 1. The van der Waals surface area contributed by atoms with Gasteiger partial charge in [0, 0.05) is 0 Å². The Balaban J connectivity index is 1.67. The summed E-state index contributed by atoms with van der Waals surface area (Å²) in [6.07, 6.45) is 0. The molecule has 2 aromatic carbocycles. The van der Waals surface area contributed by atoms with Crippen molar-refractivity contribution in [2.75, 3.05) is 0 Å². The van der Waals surface area contributed by atoms with Crippen molar-refractivity contribution in [1.82, 2.24) is 19.9 Å². The van der Waals surface area contributed by atoms with Gasteiger partial charge in [-0.15, -0.1) is 0 Å². The molecule has 25 heavy (non-hydrogen) atoms. The number of rotatable bonds is 3. The van der Waals surface area contributed by atoms with E-state index in [9.17, 15) is 4.79 Å². The molecule has 2 aromatic heterocycles. The third kappa shape index (κ3) is 3.00. The average molecular weight is 348 g/mol. The van der Waals surface area contributed by atoms with Crippen LogP contribution in [0, 0.1) is 13.8 Å². The molecule has 4 aromatic rings. The molecule has 0 aliphatic rings. The van der Waals surface area contributed by atoms with E-state index in [0.717, 1.165) is 32.8 Å². The van der Waals surface area contributed by atoms with Gasteiger partial charge in [0.05, 0.1) is 33.4 Å². The zero-order chi connectivity index (χ0) is 17.4. The predicted octanol–water partition coefficient (Wildman–Crippen LogP) is 3.78. The van der Waals surface area contributed by atoms with Crippen LogP contribution in [0.1, 0.15) is 17.1 Å². The second kappa shape index (κ2) is 6.29. The monoisotopic (exact) mass is 348 g/mol. The molecule has 4 rings (SSSR count). The maximum Gasteiger partial charge on any atom is 0.258 e. The van der Waals surface area contributed by atoms with Crippen molar-refractivity contribution in [3.63, 3.8) is 0 Å². The van der Waals surface area contributed by atoms with Crippen molar-refractivity contribution < 1.29 is 0 Å². The van der Waals surface area contributed by atoms with Gasteiger partial charge < -0.3 is 4.98 Å². The second-order valence-electron chi connectivity index (χ2n) is 5.88. The van der Waals surface area contributed by atoms with E-state index in [1.54, 1.807) is 6.07 Å². The van der Waals surface area contributed by atoms with Gasteiger partial charge in [0.2, 0.25) is 0 Å². The smallest absolute Gasteiger partial charge is 0.258 e. The van der Waals surface area contributed by atoms with Crippen LogP contribution in [-0.4, -0.2) is 19.9 Å². The lowest BCUT2D eigenvalue weighted by Crippen LogP contribution is -2.12. The summed E-state index contributed by atoms with van der Waals surface area (Å²) in [6.45, 7) is 3.91. The zero-order valence-electron chi connectivity index (χ0n) is 13.9. The Bertz CT molecular complexity index is 1150. The maximum atomic E-state index is 12.3. The molecule has 1 N–H and O–H groups in total. The van der Waals surface area contributed by atoms with Crippen molar-refractivity contribution >= 4 is 33.7 Å². The SMILES string of the molecule is Cc1nc2ccccc2nc1SCc1nc2c(C)cccc2c(=O)[nH]1. The average Bonchev–Trinajstić information content (AvgIpc) is 2.61. The highest BCUT2D eigenvalue weighted by Crippen LogP contribution is 2.24. The first-order valence-electron chi connectivity index (χ1n) is 7.96. The highest BCUT2D eigenvalue weighted by Gasteiger charge is 2.09. The number of para-hydroxylation sites is 3. The summed E-state index contributed by atoms with van der Waals surface area (Å²) in [5.41, 5.74) is 4.27. The standard InChI is InChI=1S/C19H16N4OS/c1-11-6-5-7-13-17(11)22-16(23-18(13)24)10-25-19-12(2)20-14-8-3-4-9-15(14)21-19/h3-9H,10H2,1-2H3,(H,22,23,24). The van der Waals surface area contributed by atoms with Crippen molar-refractivity contribution in [3.8, 4) is 0 Å². The molecule has 124 valence electrons. The number of benzene rings is 2. The van der Waals surface area contributed by atoms with E-state index in [-0.39, 0.29) is 5.56 Å². The normalized spacial score (nSPS) is 11.3. The van der Waals surface area contributed by atoms with E-state index in [1.807, 2.05) is 50.2 Å². The van der Waals surface area contributed by atoms with Crippen molar-refractivity contribution in [2.45, 2.75) is 24.6 Å². The van der Waals surface area contributed by atoms with Crippen LogP contribution in [0.25, 0.3) is 21.9 Å². The van der Waals surface area contributed by atoms with E-state index < -0.39 is 0 Å². The molecular formula is C19H16N4OS. The Kier molecular flexibility index (Phi) is 3.97. The van der Waals surface area contributed by atoms with Crippen molar-refractivity contribution in [2.24, 2.45) is 0 Å². The fourth-order valence-electron chi connectivity index (χ4n) is 2.77. The first-order chi connectivity index (χ1) is 12.1. The molecule has 0 amide bonds. The number of hydrogen-bond donors (Lipinski definition) is 1. The molecular weight excluding hydrogens is 332 g/mol. The molecule has 0 aliphatic carbocycles. The summed E-state index contributed by atoms with van der Waals surface area (Å²) in [4.78, 5) is 29.0. The molecule has 0 spiro atoms. The lowest BCUT2D eigenvalue weighted by atomic mass is 10.1. The Morgan fingerprint density at radius 3 is 2.52 bits per heavy atom. The quantitative estimate of drug-likeness (QED) is 0.571. The third-order valence-corrected chi connectivity index (χ3v) is 5.11. The summed E-state index contributed by atoms with van der Waals surface area (Å²) >= 11 is 1.53. The van der Waals surface area contributed by atoms with Crippen molar-refractivity contribution in [1.29, 1.82) is 0 Å². The molecule has 2 heterocycles. The lowest BCUT2D eigenvalue weighted by molar-refractivity contribution is 1.01. The van der Waals surface area contributed by atoms with Crippen LogP contribution >= 0.6 is 11.8 Å². The van der Waals surface area contributed by atoms with Gasteiger partial charge in [0.15, 0.2) is 0 Å². The van der Waals surface area contributed by atoms with E-state index in [0.29, 0.717) is 17.0 Å². The third-order valence-electron chi connectivity index (χ3n) is 4.03. The first-order valence-corrected chi connectivity index (χ1v) is 8.95. The minimum atomic E-state index is -0.106. The second-order valence-corrected chi connectivity index (χ2v) is 6.84. The van der Waals surface area contributed by atoms with E-state index in [4.69, 9.17) is 0 Å². The van der Waals surface area contributed by atoms with Gasteiger partial charge in [-0.1, -0.05) is 36.0 Å².